The quantitative estimate of drug-likeness (QED) is 0.336. The Morgan fingerprint density at radius 2 is 1.48 bits per heavy atom. The number of carbonyl (C=O) groups excluding carboxylic acids is 1. The van der Waals surface area contributed by atoms with E-state index in [9.17, 15) is 4.79 Å². The zero-order valence-electron chi connectivity index (χ0n) is 14.2. The SMILES string of the molecule is CCCCCCCCCCCCC1CCCCCC(=O)O1. The van der Waals surface area contributed by atoms with Crippen LogP contribution < -0.4 is 0 Å². The molecule has 0 N–H and O–H groups in total. The second-order valence-corrected chi connectivity index (χ2v) is 6.68. The van der Waals surface area contributed by atoms with Crippen LogP contribution in [0.4, 0.5) is 0 Å². The summed E-state index contributed by atoms with van der Waals surface area (Å²) in [5, 5.41) is 0. The van der Waals surface area contributed by atoms with Crippen molar-refractivity contribution in [2.45, 2.75) is 116 Å². The minimum absolute atomic E-state index is 0.0341. The first kappa shape index (κ1) is 18.5. The molecule has 2 heteroatoms. The summed E-state index contributed by atoms with van der Waals surface area (Å²) in [6.45, 7) is 2.27. The predicted molar refractivity (Wildman–Crippen MR) is 89.4 cm³/mol. The fourth-order valence-corrected chi connectivity index (χ4v) is 3.18. The first-order valence-electron chi connectivity index (χ1n) is 9.52. The normalized spacial score (nSPS) is 19.9. The number of carbonyl (C=O) groups is 1. The third-order valence-electron chi connectivity index (χ3n) is 4.58. The van der Waals surface area contributed by atoms with Crippen molar-refractivity contribution in [2.75, 3.05) is 0 Å². The van der Waals surface area contributed by atoms with E-state index in [1.54, 1.807) is 0 Å². The molecule has 1 heterocycles. The number of hydrogen-bond donors (Lipinski definition) is 0. The molecule has 0 aliphatic carbocycles. The second kappa shape index (κ2) is 13.2. The van der Waals surface area contributed by atoms with Crippen molar-refractivity contribution in [1.82, 2.24) is 0 Å². The Hall–Kier alpha value is -0.530. The molecule has 0 aromatic carbocycles. The molecule has 1 fully saturated rings. The summed E-state index contributed by atoms with van der Waals surface area (Å²) in [4.78, 5) is 11.5. The van der Waals surface area contributed by atoms with Gasteiger partial charge >= 0.3 is 5.97 Å². The van der Waals surface area contributed by atoms with Gasteiger partial charge in [-0.1, -0.05) is 71.1 Å². The number of unbranched alkanes of at least 4 members (excludes halogenated alkanes) is 9. The van der Waals surface area contributed by atoms with Gasteiger partial charge in [0.05, 0.1) is 0 Å². The Kier molecular flexibility index (Phi) is 11.6. The largest absolute Gasteiger partial charge is 0.462 e. The van der Waals surface area contributed by atoms with Gasteiger partial charge in [-0.05, 0) is 32.1 Å². The topological polar surface area (TPSA) is 26.3 Å². The van der Waals surface area contributed by atoms with Gasteiger partial charge in [-0.15, -0.1) is 0 Å². The van der Waals surface area contributed by atoms with E-state index >= 15 is 0 Å². The van der Waals surface area contributed by atoms with Gasteiger partial charge in [-0.2, -0.15) is 0 Å². The lowest BCUT2D eigenvalue weighted by atomic mass is 10.0. The van der Waals surface area contributed by atoms with Gasteiger partial charge in [0.15, 0.2) is 0 Å². The van der Waals surface area contributed by atoms with Crippen molar-refractivity contribution in [1.29, 1.82) is 0 Å². The van der Waals surface area contributed by atoms with Crippen LogP contribution >= 0.6 is 0 Å². The highest BCUT2D eigenvalue weighted by Gasteiger charge is 2.16. The van der Waals surface area contributed by atoms with E-state index in [4.69, 9.17) is 4.74 Å². The van der Waals surface area contributed by atoms with E-state index in [0.717, 1.165) is 19.3 Å². The van der Waals surface area contributed by atoms with Gasteiger partial charge in [-0.25, -0.2) is 0 Å². The average molecular weight is 296 g/mol. The highest BCUT2D eigenvalue weighted by Crippen LogP contribution is 2.19. The van der Waals surface area contributed by atoms with Crippen LogP contribution in [0.3, 0.4) is 0 Å². The summed E-state index contributed by atoms with van der Waals surface area (Å²) in [5.74, 6) is 0.0341. The predicted octanol–water partition coefficient (Wildman–Crippen LogP) is 6.17. The van der Waals surface area contributed by atoms with Crippen molar-refractivity contribution >= 4 is 5.97 Å². The zero-order chi connectivity index (χ0) is 15.2. The number of hydrogen-bond acceptors (Lipinski definition) is 2. The third-order valence-corrected chi connectivity index (χ3v) is 4.58. The Balaban J connectivity index is 1.89. The molecule has 21 heavy (non-hydrogen) atoms. The monoisotopic (exact) mass is 296 g/mol. The molecule has 0 aromatic rings. The summed E-state index contributed by atoms with van der Waals surface area (Å²) < 4.78 is 5.53. The molecule has 1 aliphatic heterocycles. The maximum absolute atomic E-state index is 11.5. The Morgan fingerprint density at radius 1 is 0.857 bits per heavy atom. The number of rotatable bonds is 11. The molecule has 0 spiro atoms. The van der Waals surface area contributed by atoms with E-state index < -0.39 is 0 Å². The molecule has 0 bridgehead atoms. The van der Waals surface area contributed by atoms with Crippen molar-refractivity contribution < 1.29 is 9.53 Å². The molecule has 0 amide bonds. The lowest BCUT2D eigenvalue weighted by Crippen LogP contribution is -2.20. The molecule has 1 saturated heterocycles. The van der Waals surface area contributed by atoms with Gasteiger partial charge < -0.3 is 4.74 Å². The zero-order valence-corrected chi connectivity index (χ0v) is 14.2. The van der Waals surface area contributed by atoms with E-state index in [0.29, 0.717) is 6.42 Å². The molecule has 0 aromatic heterocycles. The molecule has 124 valence electrons. The fourth-order valence-electron chi connectivity index (χ4n) is 3.18. The molecular formula is C19H36O2. The van der Waals surface area contributed by atoms with Gasteiger partial charge in [0.1, 0.15) is 6.10 Å². The maximum Gasteiger partial charge on any atom is 0.306 e. The molecule has 1 atom stereocenters. The van der Waals surface area contributed by atoms with Crippen LogP contribution in [0.25, 0.3) is 0 Å². The van der Waals surface area contributed by atoms with E-state index in [1.807, 2.05) is 0 Å². The van der Waals surface area contributed by atoms with E-state index in [-0.39, 0.29) is 12.1 Å². The van der Waals surface area contributed by atoms with Crippen LogP contribution in [0.2, 0.25) is 0 Å². The number of ether oxygens (including phenoxy) is 1. The lowest BCUT2D eigenvalue weighted by molar-refractivity contribution is -0.150. The van der Waals surface area contributed by atoms with E-state index in [1.165, 1.54) is 77.0 Å². The molecule has 1 unspecified atom stereocenters. The first-order valence-corrected chi connectivity index (χ1v) is 9.52. The fraction of sp³-hybridized carbons (Fsp3) is 0.947. The molecule has 2 nitrogen and oxygen atoms in total. The highest BCUT2D eigenvalue weighted by molar-refractivity contribution is 5.69. The minimum atomic E-state index is 0.0341. The van der Waals surface area contributed by atoms with Crippen LogP contribution in [0.5, 0.6) is 0 Å². The molecule has 1 aliphatic rings. The average Bonchev–Trinajstić information content (AvgIpc) is 2.46. The van der Waals surface area contributed by atoms with Crippen molar-refractivity contribution in [3.63, 3.8) is 0 Å². The molecular weight excluding hydrogens is 260 g/mol. The third kappa shape index (κ3) is 10.8. The van der Waals surface area contributed by atoms with Crippen molar-refractivity contribution in [3.05, 3.63) is 0 Å². The van der Waals surface area contributed by atoms with Crippen LogP contribution in [-0.2, 0) is 9.53 Å². The van der Waals surface area contributed by atoms with Crippen LogP contribution in [0, 0.1) is 0 Å². The summed E-state index contributed by atoms with van der Waals surface area (Å²) >= 11 is 0. The van der Waals surface area contributed by atoms with Gasteiger partial charge in [-0.3, -0.25) is 4.79 Å². The molecule has 0 saturated carbocycles. The van der Waals surface area contributed by atoms with Crippen molar-refractivity contribution in [2.24, 2.45) is 0 Å². The highest BCUT2D eigenvalue weighted by atomic mass is 16.5. The van der Waals surface area contributed by atoms with Gasteiger partial charge in [0.25, 0.3) is 0 Å². The Morgan fingerprint density at radius 3 is 2.14 bits per heavy atom. The summed E-state index contributed by atoms with van der Waals surface area (Å²) in [7, 11) is 0. The van der Waals surface area contributed by atoms with Gasteiger partial charge in [0.2, 0.25) is 0 Å². The lowest BCUT2D eigenvalue weighted by Gasteiger charge is -2.20. The smallest absolute Gasteiger partial charge is 0.306 e. The minimum Gasteiger partial charge on any atom is -0.462 e. The molecule has 0 radical (unpaired) electrons. The maximum atomic E-state index is 11.5. The van der Waals surface area contributed by atoms with Crippen LogP contribution in [0.1, 0.15) is 110 Å². The summed E-state index contributed by atoms with van der Waals surface area (Å²) in [6.07, 6.45) is 20.2. The number of esters is 1. The second-order valence-electron chi connectivity index (χ2n) is 6.68. The first-order chi connectivity index (χ1) is 10.3. The van der Waals surface area contributed by atoms with Crippen molar-refractivity contribution in [3.8, 4) is 0 Å². The molecule has 1 rings (SSSR count). The Labute approximate surface area is 132 Å². The van der Waals surface area contributed by atoms with Crippen LogP contribution in [-0.4, -0.2) is 12.1 Å². The van der Waals surface area contributed by atoms with E-state index in [2.05, 4.69) is 6.92 Å². The number of cyclic esters (lactones) is 1. The summed E-state index contributed by atoms with van der Waals surface area (Å²) in [6, 6.07) is 0. The van der Waals surface area contributed by atoms with Crippen LogP contribution in [0.15, 0.2) is 0 Å². The Bertz CT molecular complexity index is 250. The van der Waals surface area contributed by atoms with Gasteiger partial charge in [0, 0.05) is 6.42 Å². The summed E-state index contributed by atoms with van der Waals surface area (Å²) in [5.41, 5.74) is 0. The standard InChI is InChI=1S/C19H36O2/c1-2-3-4-5-6-7-8-9-10-12-15-18-16-13-11-14-17-19(20)21-18/h18H,2-17H2,1H3.